The van der Waals surface area contributed by atoms with E-state index in [2.05, 4.69) is 21.1 Å². The van der Waals surface area contributed by atoms with Crippen molar-refractivity contribution in [1.29, 1.82) is 0 Å². The molecule has 0 atom stereocenters. The number of unbranched alkanes of at least 4 members (excludes halogenated alkanes) is 1. The molecule has 5 nitrogen and oxygen atoms in total. The fourth-order valence-corrected chi connectivity index (χ4v) is 2.42. The van der Waals surface area contributed by atoms with Crippen LogP contribution in [-0.4, -0.2) is 31.5 Å². The summed E-state index contributed by atoms with van der Waals surface area (Å²) >= 11 is 0. The van der Waals surface area contributed by atoms with Crippen LogP contribution in [0.3, 0.4) is 0 Å². The van der Waals surface area contributed by atoms with Crippen molar-refractivity contribution < 1.29 is 5.11 Å². The van der Waals surface area contributed by atoms with Crippen LogP contribution in [0.15, 0.2) is 30.9 Å². The monoisotopic (exact) mass is 270 g/mol. The first-order valence-corrected chi connectivity index (χ1v) is 6.84. The molecule has 0 saturated carbocycles. The Hall–Kier alpha value is -2.14. The second-order valence-corrected chi connectivity index (χ2v) is 5.03. The van der Waals surface area contributed by atoms with Crippen LogP contribution in [0.5, 0.6) is 0 Å². The van der Waals surface area contributed by atoms with Crippen molar-refractivity contribution in [3.63, 3.8) is 0 Å². The fourth-order valence-electron chi connectivity index (χ4n) is 2.42. The molecule has 3 heterocycles. The highest BCUT2D eigenvalue weighted by molar-refractivity contribution is 5.93. The van der Waals surface area contributed by atoms with E-state index in [0.717, 1.165) is 41.4 Å². The van der Waals surface area contributed by atoms with E-state index in [-0.39, 0.29) is 6.61 Å². The third kappa shape index (κ3) is 2.44. The molecule has 104 valence electrons. The van der Waals surface area contributed by atoms with Gasteiger partial charge in [-0.3, -0.25) is 4.68 Å². The zero-order valence-electron chi connectivity index (χ0n) is 11.5. The summed E-state index contributed by atoms with van der Waals surface area (Å²) in [6.45, 7) is 0.251. The highest BCUT2D eigenvalue weighted by Gasteiger charge is 2.09. The molecule has 0 amide bonds. The number of aliphatic hydroxyl groups is 1. The highest BCUT2D eigenvalue weighted by Crippen LogP contribution is 2.28. The molecule has 5 heteroatoms. The number of aromatic nitrogens is 4. The number of aliphatic hydroxyl groups excluding tert-OH is 1. The SMILES string of the molecule is Cn1cc(-c2c[nH]c3ncc(CCCCO)cc23)cn1. The lowest BCUT2D eigenvalue weighted by atomic mass is 10.1. The summed E-state index contributed by atoms with van der Waals surface area (Å²) in [5.41, 5.74) is 4.32. The van der Waals surface area contributed by atoms with Crippen LogP contribution in [0.4, 0.5) is 0 Å². The molecular formula is C15H18N4O. The van der Waals surface area contributed by atoms with Gasteiger partial charge in [-0.15, -0.1) is 0 Å². The molecule has 3 rings (SSSR count). The third-order valence-corrected chi connectivity index (χ3v) is 3.48. The molecule has 0 unspecified atom stereocenters. The molecule has 3 aromatic rings. The molecule has 0 saturated heterocycles. The number of aryl methyl sites for hydroxylation is 2. The van der Waals surface area contributed by atoms with E-state index < -0.39 is 0 Å². The van der Waals surface area contributed by atoms with Gasteiger partial charge in [0.05, 0.1) is 6.20 Å². The van der Waals surface area contributed by atoms with Gasteiger partial charge in [0, 0.05) is 48.8 Å². The molecular weight excluding hydrogens is 252 g/mol. The normalized spacial score (nSPS) is 11.3. The maximum atomic E-state index is 8.85. The highest BCUT2D eigenvalue weighted by atomic mass is 16.2. The summed E-state index contributed by atoms with van der Waals surface area (Å²) in [5, 5.41) is 14.2. The van der Waals surface area contributed by atoms with Gasteiger partial charge >= 0.3 is 0 Å². The van der Waals surface area contributed by atoms with E-state index in [4.69, 9.17) is 5.11 Å². The lowest BCUT2D eigenvalue weighted by molar-refractivity contribution is 0.284. The van der Waals surface area contributed by atoms with Crippen LogP contribution in [0.1, 0.15) is 18.4 Å². The Morgan fingerprint density at radius 1 is 1.30 bits per heavy atom. The Balaban J connectivity index is 1.95. The van der Waals surface area contributed by atoms with Crippen molar-refractivity contribution in [2.24, 2.45) is 7.05 Å². The number of H-pyrrole nitrogens is 1. The van der Waals surface area contributed by atoms with Crippen LogP contribution < -0.4 is 0 Å². The van der Waals surface area contributed by atoms with Crippen molar-refractivity contribution >= 4 is 11.0 Å². The predicted octanol–water partition coefficient (Wildman–Crippen LogP) is 2.28. The number of pyridine rings is 1. The number of rotatable bonds is 5. The van der Waals surface area contributed by atoms with Crippen molar-refractivity contribution in [2.45, 2.75) is 19.3 Å². The van der Waals surface area contributed by atoms with E-state index >= 15 is 0 Å². The fraction of sp³-hybridized carbons (Fsp3) is 0.333. The van der Waals surface area contributed by atoms with E-state index in [1.54, 1.807) is 4.68 Å². The zero-order chi connectivity index (χ0) is 13.9. The Morgan fingerprint density at radius 2 is 2.20 bits per heavy atom. The maximum absolute atomic E-state index is 8.85. The molecule has 0 bridgehead atoms. The first kappa shape index (κ1) is 12.9. The summed E-state index contributed by atoms with van der Waals surface area (Å²) in [6.07, 6.45) is 10.5. The molecule has 0 spiro atoms. The summed E-state index contributed by atoms with van der Waals surface area (Å²) in [7, 11) is 1.91. The Bertz CT molecular complexity index is 714. The molecule has 20 heavy (non-hydrogen) atoms. The molecule has 0 fully saturated rings. The summed E-state index contributed by atoms with van der Waals surface area (Å²) in [4.78, 5) is 7.67. The van der Waals surface area contributed by atoms with Crippen LogP contribution in [0, 0.1) is 0 Å². The van der Waals surface area contributed by atoms with Gasteiger partial charge in [-0.1, -0.05) is 0 Å². The van der Waals surface area contributed by atoms with Crippen molar-refractivity contribution in [2.75, 3.05) is 6.61 Å². The van der Waals surface area contributed by atoms with Crippen LogP contribution in [0.25, 0.3) is 22.2 Å². The molecule has 0 radical (unpaired) electrons. The van der Waals surface area contributed by atoms with Crippen molar-refractivity contribution in [3.8, 4) is 11.1 Å². The lowest BCUT2D eigenvalue weighted by Crippen LogP contribution is -1.90. The number of fused-ring (bicyclic) bond motifs is 1. The first-order chi connectivity index (χ1) is 9.78. The maximum Gasteiger partial charge on any atom is 0.137 e. The van der Waals surface area contributed by atoms with Gasteiger partial charge in [0.25, 0.3) is 0 Å². The second kappa shape index (κ2) is 5.46. The lowest BCUT2D eigenvalue weighted by Gasteiger charge is -2.01. The quantitative estimate of drug-likeness (QED) is 0.699. The van der Waals surface area contributed by atoms with Gasteiger partial charge in [-0.2, -0.15) is 5.10 Å². The first-order valence-electron chi connectivity index (χ1n) is 6.84. The number of hydrogen-bond donors (Lipinski definition) is 2. The number of aromatic amines is 1. The standard InChI is InChI=1S/C15H18N4O/c1-19-10-12(8-18-19)14-9-17-15-13(14)6-11(7-16-15)4-2-3-5-20/h6-10,20H,2-5H2,1H3,(H,16,17). The average molecular weight is 270 g/mol. The summed E-state index contributed by atoms with van der Waals surface area (Å²) in [5.74, 6) is 0. The predicted molar refractivity (Wildman–Crippen MR) is 78.3 cm³/mol. The average Bonchev–Trinajstić information content (AvgIpc) is 3.04. The van der Waals surface area contributed by atoms with E-state index in [1.165, 1.54) is 5.56 Å². The summed E-state index contributed by atoms with van der Waals surface area (Å²) < 4.78 is 1.80. The van der Waals surface area contributed by atoms with Crippen LogP contribution in [-0.2, 0) is 13.5 Å². The topological polar surface area (TPSA) is 66.7 Å². The van der Waals surface area contributed by atoms with Crippen LogP contribution >= 0.6 is 0 Å². The van der Waals surface area contributed by atoms with E-state index in [1.807, 2.05) is 31.8 Å². The molecule has 3 aromatic heterocycles. The minimum absolute atomic E-state index is 0.251. The van der Waals surface area contributed by atoms with Gasteiger partial charge in [-0.05, 0) is 30.9 Å². The molecule has 0 aliphatic rings. The van der Waals surface area contributed by atoms with Gasteiger partial charge in [0.15, 0.2) is 0 Å². The van der Waals surface area contributed by atoms with Gasteiger partial charge in [0.2, 0.25) is 0 Å². The molecule has 0 aliphatic heterocycles. The molecule has 2 N–H and O–H groups in total. The minimum Gasteiger partial charge on any atom is -0.396 e. The second-order valence-electron chi connectivity index (χ2n) is 5.03. The number of nitrogens with one attached hydrogen (secondary N) is 1. The molecule has 0 aromatic carbocycles. The molecule has 0 aliphatic carbocycles. The summed E-state index contributed by atoms with van der Waals surface area (Å²) in [6, 6.07) is 2.18. The van der Waals surface area contributed by atoms with Crippen LogP contribution in [0.2, 0.25) is 0 Å². The smallest absolute Gasteiger partial charge is 0.137 e. The number of hydrogen-bond acceptors (Lipinski definition) is 3. The Labute approximate surface area is 117 Å². The van der Waals surface area contributed by atoms with Gasteiger partial charge < -0.3 is 10.1 Å². The van der Waals surface area contributed by atoms with E-state index in [9.17, 15) is 0 Å². The van der Waals surface area contributed by atoms with Gasteiger partial charge in [-0.25, -0.2) is 4.98 Å². The Morgan fingerprint density at radius 3 is 2.95 bits per heavy atom. The third-order valence-electron chi connectivity index (χ3n) is 3.48. The van der Waals surface area contributed by atoms with Gasteiger partial charge in [0.1, 0.15) is 5.65 Å². The van der Waals surface area contributed by atoms with Crippen molar-refractivity contribution in [1.82, 2.24) is 19.7 Å². The largest absolute Gasteiger partial charge is 0.396 e. The zero-order valence-corrected chi connectivity index (χ0v) is 11.5. The Kier molecular flexibility index (Phi) is 3.52. The number of nitrogens with zero attached hydrogens (tertiary/aromatic N) is 3. The van der Waals surface area contributed by atoms with Crippen molar-refractivity contribution in [3.05, 3.63) is 36.4 Å². The minimum atomic E-state index is 0.251. The van der Waals surface area contributed by atoms with E-state index in [0.29, 0.717) is 0 Å².